The molecule has 0 radical (unpaired) electrons. The first-order valence-corrected chi connectivity index (χ1v) is 6.83. The fourth-order valence-corrected chi connectivity index (χ4v) is 3.08. The second kappa shape index (κ2) is 5.32. The summed E-state index contributed by atoms with van der Waals surface area (Å²) >= 11 is 0. The summed E-state index contributed by atoms with van der Waals surface area (Å²) in [6.45, 7) is 1.55. The summed E-state index contributed by atoms with van der Waals surface area (Å²) in [5.41, 5.74) is 0. The molecule has 0 aliphatic carbocycles. The molecular formula is C13H23F2N3O. The van der Waals surface area contributed by atoms with E-state index in [9.17, 15) is 13.6 Å². The Hall–Kier alpha value is -0.750. The molecule has 2 saturated heterocycles. The number of alkyl halides is 2. The number of piperidine rings is 1. The van der Waals surface area contributed by atoms with Crippen molar-refractivity contribution in [2.24, 2.45) is 0 Å². The molecule has 2 fully saturated rings. The maximum absolute atomic E-state index is 13.7. The molecule has 4 nitrogen and oxygen atoms in total. The predicted molar refractivity (Wildman–Crippen MR) is 69.3 cm³/mol. The van der Waals surface area contributed by atoms with Gasteiger partial charge in [-0.1, -0.05) is 0 Å². The first-order chi connectivity index (χ1) is 8.80. The number of hydrogen-bond acceptors (Lipinski definition) is 3. The third-order valence-corrected chi connectivity index (χ3v) is 4.19. The Kier molecular flexibility index (Phi) is 4.11. The van der Waals surface area contributed by atoms with Gasteiger partial charge in [0.25, 0.3) is 5.92 Å². The van der Waals surface area contributed by atoms with Crippen molar-refractivity contribution in [3.8, 4) is 0 Å². The van der Waals surface area contributed by atoms with Gasteiger partial charge >= 0.3 is 0 Å². The lowest BCUT2D eigenvalue weighted by Gasteiger charge is -2.37. The Morgan fingerprint density at radius 2 is 1.84 bits per heavy atom. The van der Waals surface area contributed by atoms with E-state index in [2.05, 4.69) is 4.90 Å². The summed E-state index contributed by atoms with van der Waals surface area (Å²) in [4.78, 5) is 17.5. The minimum atomic E-state index is -2.74. The highest BCUT2D eigenvalue weighted by Crippen LogP contribution is 2.36. The zero-order valence-electron chi connectivity index (χ0n) is 11.9. The summed E-state index contributed by atoms with van der Waals surface area (Å²) < 4.78 is 27.4. The number of carbonyl (C=O) groups is 1. The average Bonchev–Trinajstić information content (AvgIpc) is 2.65. The van der Waals surface area contributed by atoms with E-state index in [0.717, 1.165) is 25.9 Å². The third-order valence-electron chi connectivity index (χ3n) is 4.19. The second-order valence-corrected chi connectivity index (χ2v) is 6.02. The minimum Gasteiger partial charge on any atom is -0.347 e. The van der Waals surface area contributed by atoms with Gasteiger partial charge in [0, 0.05) is 26.6 Å². The summed E-state index contributed by atoms with van der Waals surface area (Å²) in [5.74, 6) is -2.93. The molecule has 0 bridgehead atoms. The van der Waals surface area contributed by atoms with Crippen molar-refractivity contribution in [2.75, 3.05) is 40.8 Å². The fourth-order valence-electron chi connectivity index (χ4n) is 3.08. The summed E-state index contributed by atoms with van der Waals surface area (Å²) in [6.07, 6.45) is 1.39. The molecule has 2 heterocycles. The van der Waals surface area contributed by atoms with Crippen molar-refractivity contribution in [2.45, 2.75) is 37.3 Å². The van der Waals surface area contributed by atoms with Gasteiger partial charge in [-0.15, -0.1) is 0 Å². The van der Waals surface area contributed by atoms with Crippen LogP contribution in [0.25, 0.3) is 0 Å². The number of amides is 1. The summed E-state index contributed by atoms with van der Waals surface area (Å²) in [7, 11) is 5.30. The maximum atomic E-state index is 13.7. The van der Waals surface area contributed by atoms with E-state index >= 15 is 0 Å². The molecule has 0 saturated carbocycles. The third kappa shape index (κ3) is 3.23. The van der Waals surface area contributed by atoms with Gasteiger partial charge in [-0.05, 0) is 33.0 Å². The maximum Gasteiger partial charge on any atom is 0.262 e. The number of nitrogens with zero attached hydrogens (tertiary/aromatic N) is 3. The van der Waals surface area contributed by atoms with E-state index in [-0.39, 0.29) is 24.9 Å². The van der Waals surface area contributed by atoms with Crippen LogP contribution in [0.5, 0.6) is 0 Å². The first-order valence-electron chi connectivity index (χ1n) is 6.83. The van der Waals surface area contributed by atoms with Crippen molar-refractivity contribution in [3.63, 3.8) is 0 Å². The van der Waals surface area contributed by atoms with Crippen LogP contribution in [0.2, 0.25) is 0 Å². The molecule has 0 N–H and O–H groups in total. The molecule has 2 rings (SSSR count). The Morgan fingerprint density at radius 3 is 2.37 bits per heavy atom. The van der Waals surface area contributed by atoms with Crippen LogP contribution in [0.4, 0.5) is 8.78 Å². The number of likely N-dealkylation sites (N-methyl/N-ethyl adjacent to an activating group) is 1. The average molecular weight is 275 g/mol. The summed E-state index contributed by atoms with van der Waals surface area (Å²) in [6, 6.07) is -0.545. The fraction of sp³-hybridized carbons (Fsp3) is 0.923. The number of hydrogen-bond donors (Lipinski definition) is 0. The monoisotopic (exact) mass is 275 g/mol. The van der Waals surface area contributed by atoms with Gasteiger partial charge in [-0.25, -0.2) is 8.78 Å². The Balaban J connectivity index is 2.10. The van der Waals surface area contributed by atoms with Crippen LogP contribution < -0.4 is 0 Å². The largest absolute Gasteiger partial charge is 0.347 e. The molecule has 0 aromatic carbocycles. The number of rotatable bonds is 2. The van der Waals surface area contributed by atoms with Gasteiger partial charge in [0.1, 0.15) is 0 Å². The van der Waals surface area contributed by atoms with Crippen LogP contribution in [-0.2, 0) is 4.79 Å². The SMILES string of the molecule is CN1CCC(N2CC(F)(F)C[C@@H]2C(=O)N(C)C)CC1. The Morgan fingerprint density at radius 1 is 1.26 bits per heavy atom. The molecule has 2 aliphatic heterocycles. The number of likely N-dealkylation sites (tertiary alicyclic amines) is 2. The van der Waals surface area contributed by atoms with Gasteiger partial charge in [-0.3, -0.25) is 9.69 Å². The van der Waals surface area contributed by atoms with Crippen LogP contribution in [-0.4, -0.2) is 79.4 Å². The van der Waals surface area contributed by atoms with E-state index in [0.29, 0.717) is 0 Å². The van der Waals surface area contributed by atoms with Crippen LogP contribution in [0.3, 0.4) is 0 Å². The smallest absolute Gasteiger partial charge is 0.262 e. The molecular weight excluding hydrogens is 252 g/mol. The second-order valence-electron chi connectivity index (χ2n) is 6.02. The van der Waals surface area contributed by atoms with Crippen molar-refractivity contribution < 1.29 is 13.6 Å². The highest BCUT2D eigenvalue weighted by Gasteiger charge is 2.50. The zero-order valence-corrected chi connectivity index (χ0v) is 11.9. The molecule has 110 valence electrons. The zero-order chi connectivity index (χ0) is 14.2. The molecule has 0 unspecified atom stereocenters. The quantitative estimate of drug-likeness (QED) is 0.748. The van der Waals surface area contributed by atoms with E-state index in [4.69, 9.17) is 0 Å². The molecule has 0 spiro atoms. The molecule has 1 atom stereocenters. The molecule has 6 heteroatoms. The van der Waals surface area contributed by atoms with E-state index in [1.165, 1.54) is 4.90 Å². The van der Waals surface area contributed by atoms with Crippen molar-refractivity contribution in [1.82, 2.24) is 14.7 Å². The minimum absolute atomic E-state index is 0.110. The van der Waals surface area contributed by atoms with E-state index in [1.807, 2.05) is 7.05 Å². The van der Waals surface area contributed by atoms with E-state index < -0.39 is 12.0 Å². The Bertz CT molecular complexity index is 341. The molecule has 0 aromatic heterocycles. The molecule has 0 aromatic rings. The van der Waals surface area contributed by atoms with Crippen molar-refractivity contribution in [1.29, 1.82) is 0 Å². The highest BCUT2D eigenvalue weighted by atomic mass is 19.3. The molecule has 1 amide bonds. The van der Waals surface area contributed by atoms with E-state index in [1.54, 1.807) is 19.0 Å². The first kappa shape index (κ1) is 14.7. The lowest BCUT2D eigenvalue weighted by molar-refractivity contribution is -0.134. The van der Waals surface area contributed by atoms with Gasteiger partial charge < -0.3 is 9.80 Å². The predicted octanol–water partition coefficient (Wildman–Crippen LogP) is 0.878. The van der Waals surface area contributed by atoms with Gasteiger partial charge in [0.05, 0.1) is 12.6 Å². The standard InChI is InChI=1S/C13H23F2N3O/c1-16(2)12(19)11-8-13(14,15)9-18(11)10-4-6-17(3)7-5-10/h10-11H,4-9H2,1-3H3/t11-/m1/s1. The van der Waals surface area contributed by atoms with Gasteiger partial charge in [0.2, 0.25) is 5.91 Å². The lowest BCUT2D eigenvalue weighted by Crippen LogP contribution is -2.50. The van der Waals surface area contributed by atoms with Gasteiger partial charge in [0.15, 0.2) is 0 Å². The van der Waals surface area contributed by atoms with Crippen LogP contribution >= 0.6 is 0 Å². The highest BCUT2D eigenvalue weighted by molar-refractivity contribution is 5.82. The Labute approximate surface area is 113 Å². The van der Waals surface area contributed by atoms with Crippen LogP contribution in [0.1, 0.15) is 19.3 Å². The molecule has 2 aliphatic rings. The van der Waals surface area contributed by atoms with Crippen LogP contribution in [0, 0.1) is 0 Å². The number of halogens is 2. The van der Waals surface area contributed by atoms with Crippen LogP contribution in [0.15, 0.2) is 0 Å². The molecule has 19 heavy (non-hydrogen) atoms. The lowest BCUT2D eigenvalue weighted by atomic mass is 10.0. The normalized spacial score (nSPS) is 29.6. The topological polar surface area (TPSA) is 26.8 Å². The number of carbonyl (C=O) groups excluding carboxylic acids is 1. The van der Waals surface area contributed by atoms with Gasteiger partial charge in [-0.2, -0.15) is 0 Å². The summed E-state index contributed by atoms with van der Waals surface area (Å²) in [5, 5.41) is 0. The van der Waals surface area contributed by atoms with Crippen molar-refractivity contribution in [3.05, 3.63) is 0 Å². The van der Waals surface area contributed by atoms with Crippen molar-refractivity contribution >= 4 is 5.91 Å².